The van der Waals surface area contributed by atoms with Gasteiger partial charge in [-0.3, -0.25) is 4.79 Å². The Balaban J connectivity index is 2.18. The normalized spacial score (nSPS) is 19.5. The number of hydrogen-bond donors (Lipinski definition) is 1. The fourth-order valence-electron chi connectivity index (χ4n) is 2.47. The number of amides is 1. The van der Waals surface area contributed by atoms with Crippen LogP contribution in [-0.2, 0) is 19.6 Å². The Hall–Kier alpha value is -1.59. The summed E-state index contributed by atoms with van der Waals surface area (Å²) in [5.74, 6) is -0.190. The van der Waals surface area contributed by atoms with Gasteiger partial charge in [-0.15, -0.1) is 0 Å². The van der Waals surface area contributed by atoms with Crippen LogP contribution in [0, 0.1) is 0 Å². The van der Waals surface area contributed by atoms with E-state index in [1.54, 1.807) is 0 Å². The highest BCUT2D eigenvalue weighted by molar-refractivity contribution is 6.62. The van der Waals surface area contributed by atoms with Gasteiger partial charge in [0.25, 0.3) is 0 Å². The van der Waals surface area contributed by atoms with Crippen molar-refractivity contribution < 1.29 is 14.1 Å². The third kappa shape index (κ3) is 3.51. The van der Waals surface area contributed by atoms with E-state index in [4.69, 9.17) is 9.31 Å². The zero-order valence-electron chi connectivity index (χ0n) is 14.9. The molecule has 1 heterocycles. The number of carbonyl (C=O) groups excluding carboxylic acids is 1. The van der Waals surface area contributed by atoms with Crippen molar-refractivity contribution in [1.29, 1.82) is 0 Å². The van der Waals surface area contributed by atoms with Crippen LogP contribution in [0.25, 0.3) is 0 Å². The number of benzene rings is 1. The summed E-state index contributed by atoms with van der Waals surface area (Å²) in [6, 6.07) is 7.95. The fraction of sp³-hybridized carbons (Fsp3) is 0.500. The minimum Gasteiger partial charge on any atom is -0.399 e. The van der Waals surface area contributed by atoms with Gasteiger partial charge in [-0.2, -0.15) is 0 Å². The predicted octanol–water partition coefficient (Wildman–Crippen LogP) is 2.52. The van der Waals surface area contributed by atoms with Crippen molar-refractivity contribution >= 4 is 18.5 Å². The minimum atomic E-state index is -0.472. The molecule has 1 aliphatic rings. The van der Waals surface area contributed by atoms with Crippen molar-refractivity contribution in [3.63, 3.8) is 0 Å². The summed E-state index contributed by atoms with van der Waals surface area (Å²) in [6.45, 7) is 15.5. The molecule has 0 saturated carbocycles. The minimum absolute atomic E-state index is 0.190. The zero-order valence-corrected chi connectivity index (χ0v) is 14.9. The Morgan fingerprint density at radius 2 is 1.61 bits per heavy atom. The monoisotopic (exact) mass is 315 g/mol. The molecule has 23 heavy (non-hydrogen) atoms. The molecule has 1 aliphatic heterocycles. The zero-order chi connectivity index (χ0) is 17.5. The number of nitrogens with one attached hydrogen (secondary N) is 1. The molecule has 1 aromatic rings. The van der Waals surface area contributed by atoms with Gasteiger partial charge in [0.2, 0.25) is 5.91 Å². The van der Waals surface area contributed by atoms with Gasteiger partial charge in [0, 0.05) is 0 Å². The van der Waals surface area contributed by atoms with E-state index >= 15 is 0 Å². The highest BCUT2D eigenvalue weighted by Gasteiger charge is 2.51. The number of carbonyl (C=O) groups is 1. The summed E-state index contributed by atoms with van der Waals surface area (Å²) in [4.78, 5) is 11.6. The van der Waals surface area contributed by atoms with Gasteiger partial charge in [-0.1, -0.05) is 30.8 Å². The molecular weight excluding hydrogens is 289 g/mol. The first kappa shape index (κ1) is 17.8. The third-order valence-electron chi connectivity index (χ3n) is 4.78. The lowest BCUT2D eigenvalue weighted by Gasteiger charge is -2.32. The summed E-state index contributed by atoms with van der Waals surface area (Å²) in [5, 5.41) is 2.92. The van der Waals surface area contributed by atoms with Crippen LogP contribution in [0.4, 0.5) is 0 Å². The standard InChI is InChI=1S/C18H26BNO3/c1-8-15(21)20-16(2,3)13-9-11-14(12-10-13)19-22-17(4,5)18(6,7)23-19/h8-12H,1H2,2-7H3,(H,20,21). The maximum atomic E-state index is 11.6. The first-order valence-electron chi connectivity index (χ1n) is 7.89. The second-order valence-corrected chi connectivity index (χ2v) is 7.53. The van der Waals surface area contributed by atoms with E-state index in [2.05, 4.69) is 11.9 Å². The lowest BCUT2D eigenvalue weighted by atomic mass is 9.78. The first-order valence-corrected chi connectivity index (χ1v) is 7.89. The summed E-state index contributed by atoms with van der Waals surface area (Å²) < 4.78 is 12.1. The lowest BCUT2D eigenvalue weighted by molar-refractivity contribution is -0.118. The molecule has 1 aromatic carbocycles. The SMILES string of the molecule is C=CC(=O)NC(C)(C)c1ccc(B2OC(C)(C)C(C)(C)O2)cc1. The quantitative estimate of drug-likeness (QED) is 0.686. The van der Waals surface area contributed by atoms with Crippen molar-refractivity contribution in [2.45, 2.75) is 58.3 Å². The van der Waals surface area contributed by atoms with Gasteiger partial charge in [-0.25, -0.2) is 0 Å². The van der Waals surface area contributed by atoms with Gasteiger partial charge in [0.05, 0.1) is 16.7 Å². The van der Waals surface area contributed by atoms with Crippen LogP contribution >= 0.6 is 0 Å². The Bertz CT molecular complexity index is 589. The van der Waals surface area contributed by atoms with E-state index in [1.165, 1.54) is 6.08 Å². The predicted molar refractivity (Wildman–Crippen MR) is 93.5 cm³/mol. The molecule has 0 bridgehead atoms. The van der Waals surface area contributed by atoms with Crippen molar-refractivity contribution in [1.82, 2.24) is 5.32 Å². The maximum absolute atomic E-state index is 11.6. The summed E-state index contributed by atoms with van der Waals surface area (Å²) >= 11 is 0. The average molecular weight is 315 g/mol. The topological polar surface area (TPSA) is 47.6 Å². The average Bonchev–Trinajstić information content (AvgIpc) is 2.67. The summed E-state index contributed by atoms with van der Waals surface area (Å²) in [6.07, 6.45) is 1.28. The van der Waals surface area contributed by atoms with E-state index in [-0.39, 0.29) is 24.2 Å². The molecule has 1 amide bonds. The molecule has 5 heteroatoms. The van der Waals surface area contributed by atoms with Gasteiger partial charge < -0.3 is 14.6 Å². The van der Waals surface area contributed by atoms with Crippen LogP contribution in [0.2, 0.25) is 0 Å². The Kier molecular flexibility index (Phi) is 4.48. The van der Waals surface area contributed by atoms with E-state index < -0.39 is 5.54 Å². The van der Waals surface area contributed by atoms with Gasteiger partial charge in [0.1, 0.15) is 0 Å². The van der Waals surface area contributed by atoms with Crippen LogP contribution in [0.5, 0.6) is 0 Å². The molecule has 1 fully saturated rings. The number of rotatable bonds is 4. The molecule has 0 aliphatic carbocycles. The van der Waals surface area contributed by atoms with Gasteiger partial charge in [0.15, 0.2) is 0 Å². The highest BCUT2D eigenvalue weighted by atomic mass is 16.7. The van der Waals surface area contributed by atoms with Crippen LogP contribution in [0.3, 0.4) is 0 Å². The molecule has 0 unspecified atom stereocenters. The third-order valence-corrected chi connectivity index (χ3v) is 4.78. The van der Waals surface area contributed by atoms with Crippen molar-refractivity contribution in [3.8, 4) is 0 Å². The molecule has 0 aromatic heterocycles. The molecule has 0 atom stereocenters. The largest absolute Gasteiger partial charge is 0.494 e. The van der Waals surface area contributed by atoms with Crippen LogP contribution in [-0.4, -0.2) is 24.2 Å². The van der Waals surface area contributed by atoms with Crippen molar-refractivity contribution in [3.05, 3.63) is 42.5 Å². The lowest BCUT2D eigenvalue weighted by Crippen LogP contribution is -2.41. The van der Waals surface area contributed by atoms with Gasteiger partial charge in [-0.05, 0) is 58.6 Å². The Morgan fingerprint density at radius 3 is 2.04 bits per heavy atom. The first-order chi connectivity index (χ1) is 10.5. The summed E-state index contributed by atoms with van der Waals surface area (Å²) in [5.41, 5.74) is 0.798. The van der Waals surface area contributed by atoms with E-state index in [1.807, 2.05) is 65.8 Å². The molecule has 4 nitrogen and oxygen atoms in total. The molecule has 1 N–H and O–H groups in total. The van der Waals surface area contributed by atoms with Crippen LogP contribution < -0.4 is 10.8 Å². The Labute approximate surface area is 139 Å². The number of hydrogen-bond acceptors (Lipinski definition) is 3. The summed E-state index contributed by atoms with van der Waals surface area (Å²) in [7, 11) is -0.375. The fourth-order valence-corrected chi connectivity index (χ4v) is 2.47. The maximum Gasteiger partial charge on any atom is 0.494 e. The molecule has 2 rings (SSSR count). The molecule has 1 saturated heterocycles. The van der Waals surface area contributed by atoms with Crippen molar-refractivity contribution in [2.24, 2.45) is 0 Å². The van der Waals surface area contributed by atoms with E-state index in [9.17, 15) is 4.79 Å². The van der Waals surface area contributed by atoms with E-state index in [0.29, 0.717) is 0 Å². The Morgan fingerprint density at radius 1 is 1.13 bits per heavy atom. The molecule has 124 valence electrons. The second-order valence-electron chi connectivity index (χ2n) is 7.53. The molecule has 0 radical (unpaired) electrons. The molecule has 0 spiro atoms. The van der Waals surface area contributed by atoms with Crippen molar-refractivity contribution in [2.75, 3.05) is 0 Å². The van der Waals surface area contributed by atoms with Crippen LogP contribution in [0.1, 0.15) is 47.1 Å². The van der Waals surface area contributed by atoms with Crippen LogP contribution in [0.15, 0.2) is 36.9 Å². The second kappa shape index (κ2) is 5.80. The smallest absolute Gasteiger partial charge is 0.399 e. The molecular formula is C18H26BNO3. The van der Waals surface area contributed by atoms with Gasteiger partial charge >= 0.3 is 7.12 Å². The van der Waals surface area contributed by atoms with E-state index in [0.717, 1.165) is 11.0 Å². The highest BCUT2D eigenvalue weighted by Crippen LogP contribution is 2.36.